The van der Waals surface area contributed by atoms with Crippen molar-refractivity contribution >= 4 is 11.9 Å². The van der Waals surface area contributed by atoms with E-state index in [4.69, 9.17) is 0 Å². The van der Waals surface area contributed by atoms with E-state index in [0.717, 1.165) is 23.1 Å². The lowest BCUT2D eigenvalue weighted by atomic mass is 9.76. The third kappa shape index (κ3) is 2.69. The summed E-state index contributed by atoms with van der Waals surface area (Å²) >= 11 is 0. The molecule has 2 N–H and O–H groups in total. The number of carboxylic acid groups (broad SMARTS) is 1. The van der Waals surface area contributed by atoms with Gasteiger partial charge in [0.15, 0.2) is 0 Å². The minimum Gasteiger partial charge on any atom is -0.480 e. The van der Waals surface area contributed by atoms with Crippen LogP contribution in [0, 0.1) is 20.8 Å². The third-order valence-corrected chi connectivity index (χ3v) is 4.17. The molecule has 1 amide bonds. The van der Waals surface area contributed by atoms with Crippen molar-refractivity contribution in [2.45, 2.75) is 52.0 Å². The number of rotatable bonds is 4. The molecule has 108 valence electrons. The summed E-state index contributed by atoms with van der Waals surface area (Å²) in [5.74, 6) is -1.13. The van der Waals surface area contributed by atoms with E-state index >= 15 is 0 Å². The molecule has 0 spiro atoms. The van der Waals surface area contributed by atoms with Crippen molar-refractivity contribution in [1.29, 1.82) is 0 Å². The topological polar surface area (TPSA) is 66.4 Å². The van der Waals surface area contributed by atoms with Gasteiger partial charge in [-0.2, -0.15) is 0 Å². The zero-order valence-corrected chi connectivity index (χ0v) is 12.2. The quantitative estimate of drug-likeness (QED) is 0.886. The van der Waals surface area contributed by atoms with Crippen LogP contribution in [0.5, 0.6) is 0 Å². The standard InChI is InChI=1S/C16H21NO3/c1-10-7-11(2)13(12(3)8-10)9-14(18)17-16(15(19)20)5-4-6-16/h7-8H,4-6,9H2,1-3H3,(H,17,18)(H,19,20). The molecule has 1 aliphatic rings. The Morgan fingerprint density at radius 2 is 1.75 bits per heavy atom. The number of hydrogen-bond donors (Lipinski definition) is 2. The van der Waals surface area contributed by atoms with Gasteiger partial charge in [0.25, 0.3) is 0 Å². The number of amides is 1. The molecule has 0 radical (unpaired) electrons. The van der Waals surface area contributed by atoms with Crippen LogP contribution in [-0.2, 0) is 16.0 Å². The molecule has 0 bridgehead atoms. The maximum atomic E-state index is 12.1. The van der Waals surface area contributed by atoms with Crippen molar-refractivity contribution in [3.05, 3.63) is 34.4 Å². The van der Waals surface area contributed by atoms with E-state index in [2.05, 4.69) is 5.32 Å². The number of aryl methyl sites for hydroxylation is 3. The molecule has 1 aromatic rings. The van der Waals surface area contributed by atoms with Gasteiger partial charge in [-0.05, 0) is 56.7 Å². The second kappa shape index (κ2) is 5.27. The Bertz CT molecular complexity index is 536. The number of carbonyl (C=O) groups is 2. The smallest absolute Gasteiger partial charge is 0.329 e. The fourth-order valence-electron chi connectivity index (χ4n) is 2.88. The zero-order valence-electron chi connectivity index (χ0n) is 12.2. The fourth-order valence-corrected chi connectivity index (χ4v) is 2.88. The molecule has 0 heterocycles. The number of aliphatic carboxylic acids is 1. The van der Waals surface area contributed by atoms with E-state index < -0.39 is 11.5 Å². The summed E-state index contributed by atoms with van der Waals surface area (Å²) in [6, 6.07) is 4.10. The Labute approximate surface area is 119 Å². The molecule has 0 aromatic heterocycles. The van der Waals surface area contributed by atoms with Crippen molar-refractivity contribution in [3.63, 3.8) is 0 Å². The summed E-state index contributed by atoms with van der Waals surface area (Å²) < 4.78 is 0. The monoisotopic (exact) mass is 275 g/mol. The molecule has 1 aliphatic carbocycles. The summed E-state index contributed by atoms with van der Waals surface area (Å²) in [6.45, 7) is 6.00. The Hall–Kier alpha value is -1.84. The molecule has 0 unspecified atom stereocenters. The lowest BCUT2D eigenvalue weighted by Gasteiger charge is -2.38. The van der Waals surface area contributed by atoms with Crippen LogP contribution < -0.4 is 5.32 Å². The number of carboxylic acids is 1. The molecular formula is C16H21NO3. The van der Waals surface area contributed by atoms with Crippen LogP contribution >= 0.6 is 0 Å². The van der Waals surface area contributed by atoms with E-state index in [9.17, 15) is 14.7 Å². The highest BCUT2D eigenvalue weighted by molar-refractivity contribution is 5.89. The molecule has 1 saturated carbocycles. The normalized spacial score (nSPS) is 16.4. The highest BCUT2D eigenvalue weighted by atomic mass is 16.4. The summed E-state index contributed by atoms with van der Waals surface area (Å²) in [6.07, 6.45) is 2.15. The number of nitrogens with one attached hydrogen (secondary N) is 1. The summed E-state index contributed by atoms with van der Waals surface area (Å²) in [4.78, 5) is 23.4. The van der Waals surface area contributed by atoms with Crippen LogP contribution in [0.3, 0.4) is 0 Å². The molecule has 20 heavy (non-hydrogen) atoms. The summed E-state index contributed by atoms with van der Waals surface area (Å²) in [5, 5.41) is 11.9. The van der Waals surface area contributed by atoms with E-state index in [1.165, 1.54) is 5.56 Å². The van der Waals surface area contributed by atoms with Gasteiger partial charge in [-0.25, -0.2) is 4.79 Å². The average Bonchev–Trinajstić information content (AvgIpc) is 2.28. The second-order valence-corrected chi connectivity index (χ2v) is 5.84. The maximum absolute atomic E-state index is 12.1. The Kier molecular flexibility index (Phi) is 3.84. The summed E-state index contributed by atoms with van der Waals surface area (Å²) in [5.41, 5.74) is 3.30. The van der Waals surface area contributed by atoms with Crippen LogP contribution in [0.25, 0.3) is 0 Å². The van der Waals surface area contributed by atoms with Gasteiger partial charge in [0, 0.05) is 0 Å². The van der Waals surface area contributed by atoms with Crippen molar-refractivity contribution in [2.24, 2.45) is 0 Å². The van der Waals surface area contributed by atoms with Crippen LogP contribution in [0.2, 0.25) is 0 Å². The molecule has 1 fully saturated rings. The second-order valence-electron chi connectivity index (χ2n) is 5.84. The Balaban J connectivity index is 2.11. The third-order valence-electron chi connectivity index (χ3n) is 4.17. The molecule has 1 aromatic carbocycles. The Morgan fingerprint density at radius 3 is 2.15 bits per heavy atom. The number of carbonyl (C=O) groups excluding carboxylic acids is 1. The van der Waals surface area contributed by atoms with Gasteiger partial charge in [0.2, 0.25) is 5.91 Å². The SMILES string of the molecule is Cc1cc(C)c(CC(=O)NC2(C(=O)O)CCC2)c(C)c1. The van der Waals surface area contributed by atoms with Gasteiger partial charge in [0.1, 0.15) is 5.54 Å². The predicted molar refractivity (Wildman–Crippen MR) is 76.7 cm³/mol. The molecule has 2 rings (SSSR count). The maximum Gasteiger partial charge on any atom is 0.329 e. The first-order valence-corrected chi connectivity index (χ1v) is 6.95. The van der Waals surface area contributed by atoms with E-state index in [0.29, 0.717) is 12.8 Å². The molecule has 4 nitrogen and oxygen atoms in total. The van der Waals surface area contributed by atoms with E-state index in [1.54, 1.807) is 0 Å². The van der Waals surface area contributed by atoms with Crippen LogP contribution in [-0.4, -0.2) is 22.5 Å². The molecule has 0 saturated heterocycles. The average molecular weight is 275 g/mol. The van der Waals surface area contributed by atoms with Crippen LogP contribution in [0.4, 0.5) is 0 Å². The number of benzene rings is 1. The van der Waals surface area contributed by atoms with Crippen LogP contribution in [0.15, 0.2) is 12.1 Å². The molecule has 4 heteroatoms. The fraction of sp³-hybridized carbons (Fsp3) is 0.500. The molecule has 0 atom stereocenters. The largest absolute Gasteiger partial charge is 0.480 e. The first-order chi connectivity index (χ1) is 9.34. The zero-order chi connectivity index (χ0) is 14.9. The van der Waals surface area contributed by atoms with E-state index in [1.807, 2.05) is 32.9 Å². The molecular weight excluding hydrogens is 254 g/mol. The predicted octanol–water partition coefficient (Wildman–Crippen LogP) is 2.28. The van der Waals surface area contributed by atoms with Gasteiger partial charge in [-0.15, -0.1) is 0 Å². The minimum atomic E-state index is -1.02. The first-order valence-electron chi connectivity index (χ1n) is 6.95. The van der Waals surface area contributed by atoms with Gasteiger partial charge in [0.05, 0.1) is 6.42 Å². The van der Waals surface area contributed by atoms with E-state index in [-0.39, 0.29) is 12.3 Å². The Morgan fingerprint density at radius 1 is 1.20 bits per heavy atom. The first kappa shape index (κ1) is 14.6. The van der Waals surface area contributed by atoms with Gasteiger partial charge in [-0.1, -0.05) is 17.7 Å². The minimum absolute atomic E-state index is 0.206. The lowest BCUT2D eigenvalue weighted by molar-refractivity contribution is -0.151. The van der Waals surface area contributed by atoms with Crippen molar-refractivity contribution in [3.8, 4) is 0 Å². The van der Waals surface area contributed by atoms with Gasteiger partial charge >= 0.3 is 5.97 Å². The lowest BCUT2D eigenvalue weighted by Crippen LogP contribution is -2.59. The summed E-state index contributed by atoms with van der Waals surface area (Å²) in [7, 11) is 0. The van der Waals surface area contributed by atoms with Gasteiger partial charge < -0.3 is 10.4 Å². The van der Waals surface area contributed by atoms with Crippen molar-refractivity contribution in [1.82, 2.24) is 5.32 Å². The number of hydrogen-bond acceptors (Lipinski definition) is 2. The molecule has 0 aliphatic heterocycles. The van der Waals surface area contributed by atoms with Crippen LogP contribution in [0.1, 0.15) is 41.5 Å². The highest BCUT2D eigenvalue weighted by Gasteiger charge is 2.45. The highest BCUT2D eigenvalue weighted by Crippen LogP contribution is 2.32. The van der Waals surface area contributed by atoms with Gasteiger partial charge in [-0.3, -0.25) is 4.79 Å². The van der Waals surface area contributed by atoms with Crippen molar-refractivity contribution < 1.29 is 14.7 Å². The van der Waals surface area contributed by atoms with Crippen molar-refractivity contribution in [2.75, 3.05) is 0 Å².